The first-order valence-corrected chi connectivity index (χ1v) is 6.74. The molecule has 6 nitrogen and oxygen atoms in total. The number of carbonyl (C=O) groups is 2. The molecule has 0 aromatic rings. The van der Waals surface area contributed by atoms with Gasteiger partial charge in [0.1, 0.15) is 6.04 Å². The van der Waals surface area contributed by atoms with Gasteiger partial charge in [-0.3, -0.25) is 0 Å². The maximum atomic E-state index is 12.1. The van der Waals surface area contributed by atoms with Crippen LogP contribution in [0.2, 0.25) is 0 Å². The van der Waals surface area contributed by atoms with E-state index < -0.39 is 12.0 Å². The molecule has 2 N–H and O–H groups in total. The third kappa shape index (κ3) is 3.50. The molecule has 0 bridgehead atoms. The molecule has 1 heterocycles. The van der Waals surface area contributed by atoms with Crippen molar-refractivity contribution >= 4 is 23.8 Å². The van der Waals surface area contributed by atoms with E-state index in [9.17, 15) is 9.59 Å². The minimum absolute atomic E-state index is 0.107. The molecule has 98 valence electrons. The number of amides is 2. The van der Waals surface area contributed by atoms with Gasteiger partial charge in [-0.15, -0.1) is 11.8 Å². The van der Waals surface area contributed by atoms with Gasteiger partial charge in [-0.05, 0) is 6.42 Å². The number of hydrogen-bond donors (Lipinski definition) is 2. The second-order valence-corrected chi connectivity index (χ2v) is 4.82. The number of aliphatic hydroxyl groups excluding tert-OH is 1. The zero-order valence-electron chi connectivity index (χ0n) is 9.83. The lowest BCUT2D eigenvalue weighted by Crippen LogP contribution is -2.49. The molecular formula is C10H18N2O4S. The fraction of sp³-hybridized carbons (Fsp3) is 0.800. The van der Waals surface area contributed by atoms with E-state index in [2.05, 4.69) is 0 Å². The molecule has 1 rings (SSSR count). The van der Waals surface area contributed by atoms with Crippen LogP contribution in [0.3, 0.4) is 0 Å². The molecule has 1 saturated heterocycles. The third-order valence-corrected chi connectivity index (χ3v) is 3.56. The summed E-state index contributed by atoms with van der Waals surface area (Å²) in [6, 6.07) is -1.04. The van der Waals surface area contributed by atoms with Gasteiger partial charge >= 0.3 is 12.0 Å². The van der Waals surface area contributed by atoms with Gasteiger partial charge in [0, 0.05) is 18.8 Å². The number of carboxylic acids is 1. The van der Waals surface area contributed by atoms with Crippen molar-refractivity contribution in [2.75, 3.05) is 31.3 Å². The van der Waals surface area contributed by atoms with Crippen LogP contribution in [0.5, 0.6) is 0 Å². The predicted octanol–water partition coefficient (Wildman–Crippen LogP) is 0.270. The molecule has 0 spiro atoms. The highest BCUT2D eigenvalue weighted by Gasteiger charge is 2.36. The standard InChI is InChI=1S/C10H18N2O4S/c1-2-3-11(4-5-13)10(16)12-7-17-6-8(12)9(14)15/h8,13H,2-7H2,1H3,(H,14,15)/t8-/m0/s1. The Morgan fingerprint density at radius 1 is 1.47 bits per heavy atom. The van der Waals surface area contributed by atoms with Crippen LogP contribution in [-0.4, -0.2) is 69.4 Å². The highest BCUT2D eigenvalue weighted by molar-refractivity contribution is 7.99. The quantitative estimate of drug-likeness (QED) is 0.743. The molecule has 0 aromatic heterocycles. The largest absolute Gasteiger partial charge is 0.480 e. The second kappa shape index (κ2) is 6.70. The average molecular weight is 262 g/mol. The first-order chi connectivity index (χ1) is 8.11. The summed E-state index contributed by atoms with van der Waals surface area (Å²) in [6.45, 7) is 2.61. The maximum absolute atomic E-state index is 12.1. The number of thioether (sulfide) groups is 1. The summed E-state index contributed by atoms with van der Waals surface area (Å²) in [5, 5.41) is 17.9. The Hall–Kier alpha value is -0.950. The van der Waals surface area contributed by atoms with Crippen LogP contribution < -0.4 is 0 Å². The summed E-state index contributed by atoms with van der Waals surface area (Å²) in [6.07, 6.45) is 0.782. The molecular weight excluding hydrogens is 244 g/mol. The Bertz CT molecular complexity index is 281. The average Bonchev–Trinajstić information content (AvgIpc) is 2.76. The summed E-state index contributed by atoms with van der Waals surface area (Å²) < 4.78 is 0. The molecule has 0 aromatic carbocycles. The lowest BCUT2D eigenvalue weighted by atomic mass is 10.3. The normalized spacial score (nSPS) is 19.4. The van der Waals surface area contributed by atoms with Gasteiger partial charge in [0.15, 0.2) is 0 Å². The smallest absolute Gasteiger partial charge is 0.327 e. The van der Waals surface area contributed by atoms with Crippen LogP contribution in [0.1, 0.15) is 13.3 Å². The van der Waals surface area contributed by atoms with E-state index in [1.807, 2.05) is 6.92 Å². The van der Waals surface area contributed by atoms with E-state index in [0.717, 1.165) is 6.42 Å². The summed E-state index contributed by atoms with van der Waals surface area (Å²) >= 11 is 1.44. The van der Waals surface area contributed by atoms with Crippen molar-refractivity contribution in [3.05, 3.63) is 0 Å². The molecule has 17 heavy (non-hydrogen) atoms. The molecule has 1 aliphatic rings. The zero-order valence-corrected chi connectivity index (χ0v) is 10.7. The third-order valence-electron chi connectivity index (χ3n) is 2.55. The van der Waals surface area contributed by atoms with Crippen LogP contribution in [0.25, 0.3) is 0 Å². The zero-order chi connectivity index (χ0) is 12.8. The van der Waals surface area contributed by atoms with E-state index in [1.165, 1.54) is 21.6 Å². The fourth-order valence-corrected chi connectivity index (χ4v) is 2.85. The highest BCUT2D eigenvalue weighted by atomic mass is 32.2. The molecule has 1 aliphatic heterocycles. The van der Waals surface area contributed by atoms with Gasteiger partial charge in [0.05, 0.1) is 12.5 Å². The summed E-state index contributed by atoms with van der Waals surface area (Å²) in [5.41, 5.74) is 0. The van der Waals surface area contributed by atoms with Crippen LogP contribution in [-0.2, 0) is 4.79 Å². The minimum atomic E-state index is -0.969. The van der Waals surface area contributed by atoms with Crippen molar-refractivity contribution in [1.29, 1.82) is 0 Å². The summed E-state index contributed by atoms with van der Waals surface area (Å²) in [5.74, 6) is -0.134. The SMILES string of the molecule is CCCN(CCO)C(=O)N1CSC[C@H]1C(=O)O. The number of nitrogens with zero attached hydrogens (tertiary/aromatic N) is 2. The lowest BCUT2D eigenvalue weighted by molar-refractivity contribution is -0.140. The Kier molecular flexibility index (Phi) is 5.57. The maximum Gasteiger partial charge on any atom is 0.327 e. The van der Waals surface area contributed by atoms with Crippen molar-refractivity contribution < 1.29 is 19.8 Å². The molecule has 0 saturated carbocycles. The number of carboxylic acid groups (broad SMARTS) is 1. The lowest BCUT2D eigenvalue weighted by Gasteiger charge is -2.29. The Labute approximate surface area is 105 Å². The molecule has 0 radical (unpaired) electrons. The summed E-state index contributed by atoms with van der Waals surface area (Å²) in [7, 11) is 0. The van der Waals surface area contributed by atoms with E-state index in [1.54, 1.807) is 0 Å². The van der Waals surface area contributed by atoms with Crippen LogP contribution in [0.15, 0.2) is 0 Å². The molecule has 0 aliphatic carbocycles. The van der Waals surface area contributed by atoms with Gasteiger partial charge < -0.3 is 20.0 Å². The van der Waals surface area contributed by atoms with Crippen molar-refractivity contribution in [2.45, 2.75) is 19.4 Å². The van der Waals surface area contributed by atoms with Crippen LogP contribution >= 0.6 is 11.8 Å². The summed E-state index contributed by atoms with van der Waals surface area (Å²) in [4.78, 5) is 25.9. The van der Waals surface area contributed by atoms with Crippen LogP contribution in [0.4, 0.5) is 4.79 Å². The van der Waals surface area contributed by atoms with E-state index in [-0.39, 0.29) is 19.2 Å². The number of aliphatic hydroxyl groups is 1. The first kappa shape index (κ1) is 14.1. The van der Waals surface area contributed by atoms with Gasteiger partial charge in [0.2, 0.25) is 0 Å². The van der Waals surface area contributed by atoms with Crippen molar-refractivity contribution in [2.24, 2.45) is 0 Å². The monoisotopic (exact) mass is 262 g/mol. The number of aliphatic carboxylic acids is 1. The van der Waals surface area contributed by atoms with Crippen molar-refractivity contribution in [3.63, 3.8) is 0 Å². The molecule has 1 fully saturated rings. The van der Waals surface area contributed by atoms with Gasteiger partial charge in [-0.2, -0.15) is 0 Å². The molecule has 2 amide bonds. The Morgan fingerprint density at radius 3 is 2.71 bits per heavy atom. The highest BCUT2D eigenvalue weighted by Crippen LogP contribution is 2.22. The van der Waals surface area contributed by atoms with Gasteiger partial charge in [-0.25, -0.2) is 9.59 Å². The van der Waals surface area contributed by atoms with E-state index >= 15 is 0 Å². The number of rotatable bonds is 5. The number of carbonyl (C=O) groups excluding carboxylic acids is 1. The van der Waals surface area contributed by atoms with E-state index in [4.69, 9.17) is 10.2 Å². The molecule has 1 atom stereocenters. The Balaban J connectivity index is 2.68. The number of urea groups is 1. The van der Waals surface area contributed by atoms with Crippen molar-refractivity contribution in [1.82, 2.24) is 9.80 Å². The first-order valence-electron chi connectivity index (χ1n) is 5.58. The fourth-order valence-electron chi connectivity index (χ4n) is 1.71. The second-order valence-electron chi connectivity index (χ2n) is 3.82. The topological polar surface area (TPSA) is 81.1 Å². The van der Waals surface area contributed by atoms with Gasteiger partial charge in [-0.1, -0.05) is 6.92 Å². The molecule has 7 heteroatoms. The predicted molar refractivity (Wildman–Crippen MR) is 64.9 cm³/mol. The number of hydrogen-bond acceptors (Lipinski definition) is 4. The minimum Gasteiger partial charge on any atom is -0.480 e. The van der Waals surface area contributed by atoms with E-state index in [0.29, 0.717) is 18.2 Å². The van der Waals surface area contributed by atoms with Gasteiger partial charge in [0.25, 0.3) is 0 Å². The van der Waals surface area contributed by atoms with Crippen LogP contribution in [0, 0.1) is 0 Å². The molecule has 0 unspecified atom stereocenters. The van der Waals surface area contributed by atoms with Crippen molar-refractivity contribution in [3.8, 4) is 0 Å². The Morgan fingerprint density at radius 2 is 2.18 bits per heavy atom.